The van der Waals surface area contributed by atoms with E-state index in [4.69, 9.17) is 0 Å². The van der Waals surface area contributed by atoms with Crippen LogP contribution in [0.2, 0.25) is 0 Å². The van der Waals surface area contributed by atoms with Gasteiger partial charge < -0.3 is 15.1 Å². The summed E-state index contributed by atoms with van der Waals surface area (Å²) in [5, 5.41) is 3.00. The minimum absolute atomic E-state index is 0.0242. The third kappa shape index (κ3) is 3.82. The molecule has 0 aromatic heterocycles. The Labute approximate surface area is 177 Å². The van der Waals surface area contributed by atoms with Crippen molar-refractivity contribution in [2.24, 2.45) is 11.3 Å². The van der Waals surface area contributed by atoms with Crippen LogP contribution >= 0.6 is 0 Å². The zero-order valence-corrected chi connectivity index (χ0v) is 18.0. The van der Waals surface area contributed by atoms with Gasteiger partial charge >= 0.3 is 0 Å². The summed E-state index contributed by atoms with van der Waals surface area (Å²) in [5.74, 6) is 0.107. The van der Waals surface area contributed by atoms with Crippen LogP contribution in [0.3, 0.4) is 0 Å². The lowest BCUT2D eigenvalue weighted by atomic mass is 9.68. The molecule has 2 saturated heterocycles. The van der Waals surface area contributed by atoms with E-state index in [0.29, 0.717) is 11.0 Å². The van der Waals surface area contributed by atoms with E-state index >= 15 is 0 Å². The Hall–Kier alpha value is -2.09. The Balaban J connectivity index is 1.41. The predicted molar refractivity (Wildman–Crippen MR) is 115 cm³/mol. The van der Waals surface area contributed by atoms with Crippen LogP contribution in [0.15, 0.2) is 18.2 Å². The second kappa shape index (κ2) is 7.25. The van der Waals surface area contributed by atoms with Crippen molar-refractivity contribution in [3.05, 3.63) is 23.8 Å². The minimum atomic E-state index is -3.04. The highest BCUT2D eigenvalue weighted by Crippen LogP contribution is 2.49. The molecule has 2 amide bonds. The molecule has 2 aliphatic carbocycles. The van der Waals surface area contributed by atoms with Crippen LogP contribution in [-0.4, -0.2) is 62.8 Å². The molecule has 8 heteroatoms. The van der Waals surface area contributed by atoms with Gasteiger partial charge in [0.05, 0.1) is 22.8 Å². The summed E-state index contributed by atoms with van der Waals surface area (Å²) in [4.78, 5) is 29.5. The van der Waals surface area contributed by atoms with Crippen LogP contribution in [0.5, 0.6) is 0 Å². The van der Waals surface area contributed by atoms with Gasteiger partial charge in [0.15, 0.2) is 9.84 Å². The van der Waals surface area contributed by atoms with Crippen LogP contribution in [0, 0.1) is 11.3 Å². The average Bonchev–Trinajstić information content (AvgIpc) is 3.44. The third-order valence-corrected chi connectivity index (χ3v) is 8.88. The van der Waals surface area contributed by atoms with Gasteiger partial charge in [-0.05, 0) is 55.7 Å². The van der Waals surface area contributed by atoms with Gasteiger partial charge in [-0.2, -0.15) is 0 Å². The number of nitrogens with one attached hydrogen (secondary N) is 1. The molecule has 7 nitrogen and oxygen atoms in total. The maximum absolute atomic E-state index is 13.3. The van der Waals surface area contributed by atoms with Gasteiger partial charge in [-0.25, -0.2) is 8.42 Å². The molecule has 5 rings (SSSR count). The highest BCUT2D eigenvalue weighted by Gasteiger charge is 2.43. The Morgan fingerprint density at radius 2 is 1.77 bits per heavy atom. The summed E-state index contributed by atoms with van der Waals surface area (Å²) in [6, 6.07) is 5.54. The van der Waals surface area contributed by atoms with Gasteiger partial charge in [0, 0.05) is 37.8 Å². The number of hydrogen-bond acceptors (Lipinski definition) is 5. The number of carbonyl (C=O) groups is 2. The van der Waals surface area contributed by atoms with Crippen LogP contribution in [0.4, 0.5) is 11.4 Å². The first-order valence-corrected chi connectivity index (χ1v) is 12.9. The number of amides is 2. The van der Waals surface area contributed by atoms with Gasteiger partial charge in [-0.3, -0.25) is 9.59 Å². The zero-order valence-electron chi connectivity index (χ0n) is 17.2. The fourth-order valence-corrected chi connectivity index (χ4v) is 6.15. The number of sulfone groups is 1. The lowest BCUT2D eigenvalue weighted by molar-refractivity contribution is -0.117. The second-order valence-corrected chi connectivity index (χ2v) is 11.8. The maximum atomic E-state index is 13.3. The molecule has 0 bridgehead atoms. The van der Waals surface area contributed by atoms with Crippen molar-refractivity contribution >= 4 is 33.0 Å². The molecular formula is C22H29N3O4S. The normalized spacial score (nSPS) is 24.5. The van der Waals surface area contributed by atoms with Crippen molar-refractivity contribution in [1.29, 1.82) is 0 Å². The van der Waals surface area contributed by atoms with Crippen molar-refractivity contribution in [3.8, 4) is 0 Å². The van der Waals surface area contributed by atoms with E-state index in [2.05, 4.69) is 10.2 Å². The Morgan fingerprint density at radius 1 is 1.03 bits per heavy atom. The fourth-order valence-electron chi connectivity index (χ4n) is 4.95. The molecule has 1 spiro atoms. The summed E-state index contributed by atoms with van der Waals surface area (Å²) in [5.41, 5.74) is 2.59. The highest BCUT2D eigenvalue weighted by atomic mass is 32.2. The van der Waals surface area contributed by atoms with Crippen molar-refractivity contribution in [1.82, 2.24) is 4.90 Å². The molecule has 30 heavy (non-hydrogen) atoms. The molecule has 2 heterocycles. The summed E-state index contributed by atoms with van der Waals surface area (Å²) in [6.07, 6.45) is 6.80. The number of carbonyl (C=O) groups excluding carboxylic acids is 2. The largest absolute Gasteiger partial charge is 0.370 e. The van der Waals surface area contributed by atoms with Gasteiger partial charge in [-0.15, -0.1) is 0 Å². The predicted octanol–water partition coefficient (Wildman–Crippen LogP) is 2.29. The molecule has 0 unspecified atom stereocenters. The van der Waals surface area contributed by atoms with Crippen LogP contribution < -0.4 is 10.2 Å². The minimum Gasteiger partial charge on any atom is -0.370 e. The molecule has 4 aliphatic rings. The lowest BCUT2D eigenvalue weighted by Gasteiger charge is -2.38. The first-order valence-electron chi connectivity index (χ1n) is 11.0. The second-order valence-electron chi connectivity index (χ2n) is 9.46. The molecule has 162 valence electrons. The number of nitrogens with zero attached hydrogens (tertiary/aromatic N) is 2. The standard InChI is InChI=1S/C22H29N3O4S/c26-20(16-2-3-16)23-17-4-5-18(21(27)24-10-12-30(28,29)13-11-24)19(14-17)25-9-8-22(15-25)6-1-7-22/h4-5,14,16H,1-3,6-13,15H2,(H,23,26). The van der Waals surface area contributed by atoms with E-state index in [1.54, 1.807) is 17.0 Å². The molecule has 1 N–H and O–H groups in total. The smallest absolute Gasteiger partial charge is 0.256 e. The summed E-state index contributed by atoms with van der Waals surface area (Å²) in [6.45, 7) is 2.34. The Kier molecular flexibility index (Phi) is 4.80. The van der Waals surface area contributed by atoms with E-state index in [1.165, 1.54) is 19.3 Å². The van der Waals surface area contributed by atoms with Gasteiger partial charge in [-0.1, -0.05) is 6.42 Å². The van der Waals surface area contributed by atoms with E-state index < -0.39 is 9.84 Å². The average molecular weight is 432 g/mol. The topological polar surface area (TPSA) is 86.8 Å². The number of rotatable bonds is 4. The number of hydrogen-bond donors (Lipinski definition) is 1. The molecule has 0 atom stereocenters. The molecule has 2 aliphatic heterocycles. The quantitative estimate of drug-likeness (QED) is 0.790. The zero-order chi connectivity index (χ0) is 20.9. The third-order valence-electron chi connectivity index (χ3n) is 7.27. The molecule has 2 saturated carbocycles. The molecule has 1 aromatic carbocycles. The first-order chi connectivity index (χ1) is 14.3. The van der Waals surface area contributed by atoms with Crippen LogP contribution in [0.1, 0.15) is 48.9 Å². The van der Waals surface area contributed by atoms with Crippen molar-refractivity contribution in [3.63, 3.8) is 0 Å². The number of benzene rings is 1. The number of anilines is 2. The maximum Gasteiger partial charge on any atom is 0.256 e. The first kappa shape index (κ1) is 19.8. The van der Waals surface area contributed by atoms with E-state index in [1.807, 2.05) is 6.07 Å². The lowest BCUT2D eigenvalue weighted by Crippen LogP contribution is -2.44. The van der Waals surface area contributed by atoms with Gasteiger partial charge in [0.25, 0.3) is 5.91 Å². The molecular weight excluding hydrogens is 402 g/mol. The highest BCUT2D eigenvalue weighted by molar-refractivity contribution is 7.91. The van der Waals surface area contributed by atoms with Crippen molar-refractivity contribution in [2.75, 3.05) is 47.9 Å². The van der Waals surface area contributed by atoms with Gasteiger partial charge in [0.1, 0.15) is 0 Å². The Bertz CT molecular complexity index is 968. The van der Waals surface area contributed by atoms with Crippen LogP contribution in [-0.2, 0) is 14.6 Å². The molecule has 0 radical (unpaired) electrons. The van der Waals surface area contributed by atoms with Gasteiger partial charge in [0.2, 0.25) is 5.91 Å². The van der Waals surface area contributed by atoms with E-state index in [-0.39, 0.29) is 42.3 Å². The summed E-state index contributed by atoms with van der Waals surface area (Å²) in [7, 11) is -3.04. The fraction of sp³-hybridized carbons (Fsp3) is 0.636. The summed E-state index contributed by atoms with van der Waals surface area (Å²) < 4.78 is 23.5. The molecule has 1 aromatic rings. The molecule has 4 fully saturated rings. The SMILES string of the molecule is O=C(Nc1ccc(C(=O)N2CCS(=O)(=O)CC2)c(N2CCC3(CCC3)C2)c1)C1CC1. The Morgan fingerprint density at radius 3 is 2.37 bits per heavy atom. The monoisotopic (exact) mass is 431 g/mol. The van der Waals surface area contributed by atoms with Crippen molar-refractivity contribution in [2.45, 2.75) is 38.5 Å². The van der Waals surface area contributed by atoms with Crippen molar-refractivity contribution < 1.29 is 18.0 Å². The summed E-state index contributed by atoms with van der Waals surface area (Å²) >= 11 is 0. The van der Waals surface area contributed by atoms with E-state index in [0.717, 1.165) is 43.7 Å². The van der Waals surface area contributed by atoms with Crippen LogP contribution in [0.25, 0.3) is 0 Å². The van der Waals surface area contributed by atoms with E-state index in [9.17, 15) is 18.0 Å².